The zero-order chi connectivity index (χ0) is 32.2. The van der Waals surface area contributed by atoms with Crippen molar-refractivity contribution in [3.8, 4) is 23.0 Å². The van der Waals surface area contributed by atoms with Crippen LogP contribution in [0.4, 0.5) is 0 Å². The molecule has 0 fully saturated rings. The molecule has 0 aliphatic rings. The van der Waals surface area contributed by atoms with Gasteiger partial charge in [-0.3, -0.25) is 9.59 Å². The molecule has 1 atom stereocenters. The van der Waals surface area contributed by atoms with Crippen LogP contribution in [0.3, 0.4) is 0 Å². The molecule has 4 aromatic carbocycles. The highest BCUT2D eigenvalue weighted by atomic mass is 35.5. The van der Waals surface area contributed by atoms with Gasteiger partial charge in [-0.25, -0.2) is 0 Å². The fourth-order valence-electron chi connectivity index (χ4n) is 5.09. The zero-order valence-corrected chi connectivity index (χ0v) is 26.8. The van der Waals surface area contributed by atoms with E-state index in [1.54, 1.807) is 57.6 Å². The standard InChI is InChI=1S/C36H39ClN2O6/c1-42-31-16-12-26(21-33(31)44-3)18-19-38-36(41)30(20-25-8-6-5-7-9-25)39(24-27-10-14-29(37)15-11-27)35(40)23-28-13-17-32(43-2)34(22-28)45-4/h5-17,21-22,30H,18-20,23-24H2,1-4H3,(H,38,41)/t30-/m0/s1. The van der Waals surface area contributed by atoms with Crippen molar-refractivity contribution < 1.29 is 28.5 Å². The molecule has 0 saturated carbocycles. The smallest absolute Gasteiger partial charge is 0.243 e. The fraction of sp³-hybridized carbons (Fsp3) is 0.278. The molecule has 0 saturated heterocycles. The summed E-state index contributed by atoms with van der Waals surface area (Å²) in [7, 11) is 6.30. The van der Waals surface area contributed by atoms with Gasteiger partial charge >= 0.3 is 0 Å². The summed E-state index contributed by atoms with van der Waals surface area (Å²) in [5.41, 5.74) is 3.52. The first kappa shape index (κ1) is 33.2. The molecule has 0 aromatic heterocycles. The lowest BCUT2D eigenvalue weighted by Crippen LogP contribution is -2.51. The van der Waals surface area contributed by atoms with Gasteiger partial charge in [-0.2, -0.15) is 0 Å². The first-order chi connectivity index (χ1) is 21.8. The summed E-state index contributed by atoms with van der Waals surface area (Å²) in [6.07, 6.45) is 0.980. The van der Waals surface area contributed by atoms with Gasteiger partial charge in [0.15, 0.2) is 23.0 Å². The molecule has 0 unspecified atom stereocenters. The highest BCUT2D eigenvalue weighted by Crippen LogP contribution is 2.29. The van der Waals surface area contributed by atoms with E-state index >= 15 is 0 Å². The number of benzene rings is 4. The highest BCUT2D eigenvalue weighted by Gasteiger charge is 2.30. The molecule has 0 aliphatic carbocycles. The number of ether oxygens (including phenoxy) is 4. The van der Waals surface area contributed by atoms with E-state index < -0.39 is 6.04 Å². The maximum Gasteiger partial charge on any atom is 0.243 e. The normalized spacial score (nSPS) is 11.3. The molecule has 8 nitrogen and oxygen atoms in total. The topological polar surface area (TPSA) is 86.3 Å². The van der Waals surface area contributed by atoms with Crippen molar-refractivity contribution in [1.82, 2.24) is 10.2 Å². The lowest BCUT2D eigenvalue weighted by Gasteiger charge is -2.32. The average molecular weight is 631 g/mol. The number of hydrogen-bond donors (Lipinski definition) is 1. The van der Waals surface area contributed by atoms with E-state index in [-0.39, 0.29) is 24.8 Å². The van der Waals surface area contributed by atoms with Gasteiger partial charge in [-0.1, -0.05) is 66.2 Å². The van der Waals surface area contributed by atoms with Crippen LogP contribution in [-0.4, -0.2) is 57.7 Å². The van der Waals surface area contributed by atoms with E-state index in [2.05, 4.69) is 5.32 Å². The zero-order valence-electron chi connectivity index (χ0n) is 26.0. The molecule has 0 radical (unpaired) electrons. The van der Waals surface area contributed by atoms with E-state index in [9.17, 15) is 9.59 Å². The van der Waals surface area contributed by atoms with Crippen molar-refractivity contribution >= 4 is 23.4 Å². The predicted octanol–water partition coefficient (Wildman–Crippen LogP) is 5.92. The Labute approximate surface area is 269 Å². The SMILES string of the molecule is COc1ccc(CCNC(=O)[C@H](Cc2ccccc2)N(Cc2ccc(Cl)cc2)C(=O)Cc2ccc(OC)c(OC)c2)cc1OC. The highest BCUT2D eigenvalue weighted by molar-refractivity contribution is 6.30. The second-order valence-corrected chi connectivity index (χ2v) is 10.9. The molecule has 45 heavy (non-hydrogen) atoms. The quantitative estimate of drug-likeness (QED) is 0.176. The average Bonchev–Trinajstić information content (AvgIpc) is 3.07. The minimum Gasteiger partial charge on any atom is -0.493 e. The number of halogens is 1. The molecule has 2 amide bonds. The number of hydrogen-bond acceptors (Lipinski definition) is 6. The van der Waals surface area contributed by atoms with Gasteiger partial charge in [0.25, 0.3) is 0 Å². The van der Waals surface area contributed by atoms with Crippen LogP contribution < -0.4 is 24.3 Å². The first-order valence-corrected chi connectivity index (χ1v) is 15.0. The van der Waals surface area contributed by atoms with Crippen LogP contribution in [0.5, 0.6) is 23.0 Å². The van der Waals surface area contributed by atoms with Crippen LogP contribution in [0.15, 0.2) is 91.0 Å². The minimum absolute atomic E-state index is 0.0676. The van der Waals surface area contributed by atoms with Crippen LogP contribution in [0.25, 0.3) is 0 Å². The van der Waals surface area contributed by atoms with E-state index in [0.717, 1.165) is 22.3 Å². The number of methoxy groups -OCH3 is 4. The predicted molar refractivity (Wildman–Crippen MR) is 175 cm³/mol. The van der Waals surface area contributed by atoms with Gasteiger partial charge < -0.3 is 29.2 Å². The van der Waals surface area contributed by atoms with E-state index in [0.29, 0.717) is 47.4 Å². The molecule has 0 aliphatic heterocycles. The van der Waals surface area contributed by atoms with Gasteiger partial charge in [0.2, 0.25) is 11.8 Å². The van der Waals surface area contributed by atoms with Crippen molar-refractivity contribution in [2.75, 3.05) is 35.0 Å². The largest absolute Gasteiger partial charge is 0.493 e. The lowest BCUT2D eigenvalue weighted by molar-refractivity contribution is -0.140. The number of rotatable bonds is 15. The second-order valence-electron chi connectivity index (χ2n) is 10.5. The number of nitrogens with zero attached hydrogens (tertiary/aromatic N) is 1. The third kappa shape index (κ3) is 9.16. The lowest BCUT2D eigenvalue weighted by atomic mass is 10.0. The first-order valence-electron chi connectivity index (χ1n) is 14.6. The Bertz CT molecular complexity index is 1560. The van der Waals surface area contributed by atoms with Crippen LogP contribution in [0, 0.1) is 0 Å². The Morgan fingerprint density at radius 1 is 0.689 bits per heavy atom. The van der Waals surface area contributed by atoms with Gasteiger partial charge in [0.1, 0.15) is 6.04 Å². The third-order valence-corrected chi connectivity index (χ3v) is 7.75. The third-order valence-electron chi connectivity index (χ3n) is 7.50. The molecule has 0 heterocycles. The van der Waals surface area contributed by atoms with Crippen molar-refractivity contribution in [2.24, 2.45) is 0 Å². The Morgan fingerprint density at radius 2 is 1.24 bits per heavy atom. The molecule has 9 heteroatoms. The molecular weight excluding hydrogens is 592 g/mol. The summed E-state index contributed by atoms with van der Waals surface area (Å²) >= 11 is 6.15. The van der Waals surface area contributed by atoms with E-state index in [4.69, 9.17) is 30.5 Å². The number of carbonyl (C=O) groups excluding carboxylic acids is 2. The Hall–Kier alpha value is -4.69. The molecule has 0 spiro atoms. The second kappa shape index (κ2) is 16.4. The minimum atomic E-state index is -0.777. The number of carbonyl (C=O) groups is 2. The Balaban J connectivity index is 1.61. The van der Waals surface area contributed by atoms with Crippen LogP contribution >= 0.6 is 11.6 Å². The summed E-state index contributed by atoms with van der Waals surface area (Å²) in [6, 6.07) is 27.3. The Morgan fingerprint density at radius 3 is 1.84 bits per heavy atom. The molecule has 4 aromatic rings. The Kier molecular flexibility index (Phi) is 12.1. The van der Waals surface area contributed by atoms with Crippen molar-refractivity contribution in [2.45, 2.75) is 31.8 Å². The van der Waals surface area contributed by atoms with Gasteiger partial charge in [-0.05, 0) is 65.1 Å². The fourth-order valence-corrected chi connectivity index (χ4v) is 5.22. The summed E-state index contributed by atoms with van der Waals surface area (Å²) in [5, 5.41) is 3.68. The van der Waals surface area contributed by atoms with Gasteiger partial charge in [-0.15, -0.1) is 0 Å². The maximum atomic E-state index is 14.1. The molecule has 1 N–H and O–H groups in total. The molecule has 236 valence electrons. The molecular formula is C36H39ClN2O6. The summed E-state index contributed by atoms with van der Waals surface area (Å²) < 4.78 is 21.6. The van der Waals surface area contributed by atoms with Crippen molar-refractivity contribution in [3.63, 3.8) is 0 Å². The van der Waals surface area contributed by atoms with Crippen LogP contribution in [0.1, 0.15) is 22.3 Å². The maximum absolute atomic E-state index is 14.1. The number of amides is 2. The molecule has 4 rings (SSSR count). The summed E-state index contributed by atoms with van der Waals surface area (Å²) in [5.74, 6) is 1.92. The summed E-state index contributed by atoms with van der Waals surface area (Å²) in [6.45, 7) is 0.599. The van der Waals surface area contributed by atoms with Gasteiger partial charge in [0.05, 0.1) is 34.9 Å². The van der Waals surface area contributed by atoms with E-state index in [1.165, 1.54) is 0 Å². The monoisotopic (exact) mass is 630 g/mol. The van der Waals surface area contributed by atoms with Crippen molar-refractivity contribution in [3.05, 3.63) is 118 Å². The van der Waals surface area contributed by atoms with E-state index in [1.807, 2.05) is 66.7 Å². The number of nitrogens with one attached hydrogen (secondary N) is 1. The molecule has 0 bridgehead atoms. The van der Waals surface area contributed by atoms with Gasteiger partial charge in [0, 0.05) is 24.5 Å². The van der Waals surface area contributed by atoms with Crippen molar-refractivity contribution in [1.29, 1.82) is 0 Å². The van der Waals surface area contributed by atoms with Crippen LogP contribution in [0.2, 0.25) is 5.02 Å². The van der Waals surface area contributed by atoms with Crippen LogP contribution in [-0.2, 0) is 35.4 Å². The summed E-state index contributed by atoms with van der Waals surface area (Å²) in [4.78, 5) is 29.8.